The fourth-order valence-electron chi connectivity index (χ4n) is 2.42. The Hall–Kier alpha value is 0.0500. The van der Waals surface area contributed by atoms with E-state index in [1.165, 1.54) is 0 Å². The molecule has 0 heterocycles. The topological polar surface area (TPSA) is 55.4 Å². The van der Waals surface area contributed by atoms with Gasteiger partial charge in [0.05, 0.1) is 11.0 Å². The van der Waals surface area contributed by atoms with Crippen LogP contribution in [-0.4, -0.2) is 27.7 Å². The Morgan fingerprint density at radius 2 is 2.00 bits per heavy atom. The van der Waals surface area contributed by atoms with Gasteiger partial charge >= 0.3 is 0 Å². The van der Waals surface area contributed by atoms with Crippen molar-refractivity contribution in [1.82, 2.24) is 4.72 Å². The Labute approximate surface area is 136 Å². The maximum absolute atomic E-state index is 12.5. The Balaban J connectivity index is 2.23. The molecule has 0 bridgehead atoms. The largest absolute Gasteiger partial charge is 0.381 e. The summed E-state index contributed by atoms with van der Waals surface area (Å²) < 4.78 is 34.4. The highest BCUT2D eigenvalue weighted by Crippen LogP contribution is 2.43. The molecule has 1 saturated carbocycles. The van der Waals surface area contributed by atoms with Gasteiger partial charge < -0.3 is 4.74 Å². The summed E-state index contributed by atoms with van der Waals surface area (Å²) in [7, 11) is -1.90. The van der Waals surface area contributed by atoms with Crippen molar-refractivity contribution in [3.8, 4) is 0 Å². The number of ether oxygens (including phenoxy) is 1. The summed E-state index contributed by atoms with van der Waals surface area (Å²) in [6.07, 6.45) is 0.773. The second kappa shape index (κ2) is 5.68. The van der Waals surface area contributed by atoms with Gasteiger partial charge in [-0.2, -0.15) is 0 Å². The van der Waals surface area contributed by atoms with Crippen molar-refractivity contribution in [2.45, 2.75) is 37.3 Å². The first-order valence-electron chi connectivity index (χ1n) is 6.18. The van der Waals surface area contributed by atoms with Gasteiger partial charge in [-0.05, 0) is 40.5 Å². The van der Waals surface area contributed by atoms with Crippen molar-refractivity contribution in [2.75, 3.05) is 7.11 Å². The lowest BCUT2D eigenvalue weighted by molar-refractivity contribution is -0.0908. The number of nitrogens with one attached hydrogen (secondary N) is 1. The Morgan fingerprint density at radius 1 is 1.35 bits per heavy atom. The van der Waals surface area contributed by atoms with Crippen molar-refractivity contribution in [1.29, 1.82) is 0 Å². The maximum Gasteiger partial charge on any atom is 0.242 e. The van der Waals surface area contributed by atoms with E-state index >= 15 is 0 Å². The zero-order valence-electron chi connectivity index (χ0n) is 11.5. The minimum atomic E-state index is -3.56. The van der Waals surface area contributed by atoms with Crippen molar-refractivity contribution in [2.24, 2.45) is 5.41 Å². The van der Waals surface area contributed by atoms with E-state index in [-0.39, 0.29) is 22.5 Å². The van der Waals surface area contributed by atoms with E-state index in [1.54, 1.807) is 25.3 Å². The molecular weight excluding hydrogens is 410 g/mol. The lowest BCUT2D eigenvalue weighted by Crippen LogP contribution is -2.61. The van der Waals surface area contributed by atoms with Gasteiger partial charge in [0.2, 0.25) is 10.0 Å². The van der Waals surface area contributed by atoms with Gasteiger partial charge in [-0.1, -0.05) is 29.8 Å². The number of sulfonamides is 1. The van der Waals surface area contributed by atoms with Crippen LogP contribution in [0.4, 0.5) is 0 Å². The molecule has 0 radical (unpaired) electrons. The van der Waals surface area contributed by atoms with Crippen molar-refractivity contribution in [3.05, 3.63) is 27.1 Å². The molecule has 1 aliphatic carbocycles. The van der Waals surface area contributed by atoms with Gasteiger partial charge in [0.1, 0.15) is 0 Å². The number of hydrogen-bond donors (Lipinski definition) is 1. The van der Waals surface area contributed by atoms with E-state index in [2.05, 4.69) is 36.6 Å². The summed E-state index contributed by atoms with van der Waals surface area (Å²) in [5, 5.41) is 0. The molecule has 1 fully saturated rings. The van der Waals surface area contributed by atoms with E-state index < -0.39 is 10.0 Å². The molecule has 7 heteroatoms. The molecular formula is C13H17Br2NO3S. The third kappa shape index (κ3) is 2.97. The maximum atomic E-state index is 12.5. The third-order valence-electron chi connectivity index (χ3n) is 3.94. The van der Waals surface area contributed by atoms with E-state index in [0.29, 0.717) is 10.9 Å². The molecule has 2 atom stereocenters. The lowest BCUT2D eigenvalue weighted by Gasteiger charge is -2.50. The minimum absolute atomic E-state index is 0.0844. The average Bonchev–Trinajstić information content (AvgIpc) is 2.36. The van der Waals surface area contributed by atoms with Crippen LogP contribution in [0.5, 0.6) is 0 Å². The molecule has 1 aromatic carbocycles. The van der Waals surface area contributed by atoms with Crippen LogP contribution in [0.15, 0.2) is 32.0 Å². The predicted molar refractivity (Wildman–Crippen MR) is 85.1 cm³/mol. The molecule has 1 N–H and O–H groups in total. The summed E-state index contributed by atoms with van der Waals surface area (Å²) in [5.41, 5.74) is -0.208. The molecule has 0 aliphatic heterocycles. The standard InChI is InChI=1S/C13H17Br2NO3S/c1-13(2)11(7-12(13)19-3)16-20(17,18)10-6-8(14)4-5-9(10)15/h4-6,11-12,16H,7H2,1-3H3. The zero-order chi connectivity index (χ0) is 15.1. The first-order valence-corrected chi connectivity index (χ1v) is 9.25. The van der Waals surface area contributed by atoms with Crippen molar-refractivity contribution < 1.29 is 13.2 Å². The van der Waals surface area contributed by atoms with Crippen LogP contribution in [0.3, 0.4) is 0 Å². The van der Waals surface area contributed by atoms with Crippen LogP contribution in [0.1, 0.15) is 20.3 Å². The van der Waals surface area contributed by atoms with Gasteiger partial charge in [0, 0.05) is 27.5 Å². The lowest BCUT2D eigenvalue weighted by atomic mass is 9.65. The van der Waals surface area contributed by atoms with Crippen LogP contribution in [-0.2, 0) is 14.8 Å². The predicted octanol–water partition coefficient (Wildman–Crippen LogP) is 3.30. The van der Waals surface area contributed by atoms with Crippen molar-refractivity contribution in [3.63, 3.8) is 0 Å². The summed E-state index contributed by atoms with van der Waals surface area (Å²) in [6.45, 7) is 4.02. The Morgan fingerprint density at radius 3 is 2.55 bits per heavy atom. The molecule has 0 aromatic heterocycles. The van der Waals surface area contributed by atoms with Gasteiger partial charge in [-0.3, -0.25) is 0 Å². The second-order valence-electron chi connectivity index (χ2n) is 5.53. The fourth-order valence-corrected chi connectivity index (χ4v) is 5.33. The molecule has 0 spiro atoms. The average molecular weight is 427 g/mol. The molecule has 2 rings (SSSR count). The quantitative estimate of drug-likeness (QED) is 0.803. The molecule has 4 nitrogen and oxygen atoms in total. The third-order valence-corrected chi connectivity index (χ3v) is 6.90. The number of halogens is 2. The number of benzene rings is 1. The number of hydrogen-bond acceptors (Lipinski definition) is 3. The van der Waals surface area contributed by atoms with Crippen LogP contribution < -0.4 is 4.72 Å². The normalized spacial score (nSPS) is 25.2. The highest BCUT2D eigenvalue weighted by molar-refractivity contribution is 9.11. The zero-order valence-corrected chi connectivity index (χ0v) is 15.5. The minimum Gasteiger partial charge on any atom is -0.381 e. The number of rotatable bonds is 4. The van der Waals surface area contributed by atoms with E-state index in [9.17, 15) is 8.42 Å². The van der Waals surface area contributed by atoms with Gasteiger partial charge in [0.25, 0.3) is 0 Å². The Kier molecular flexibility index (Phi) is 4.67. The summed E-state index contributed by atoms with van der Waals surface area (Å²) in [5.74, 6) is 0. The summed E-state index contributed by atoms with van der Waals surface area (Å²) in [6, 6.07) is 4.97. The molecule has 0 saturated heterocycles. The molecule has 2 unspecified atom stereocenters. The van der Waals surface area contributed by atoms with Crippen LogP contribution in [0, 0.1) is 5.41 Å². The van der Waals surface area contributed by atoms with Crippen LogP contribution in [0.2, 0.25) is 0 Å². The molecule has 1 aliphatic rings. The van der Waals surface area contributed by atoms with Crippen LogP contribution >= 0.6 is 31.9 Å². The smallest absolute Gasteiger partial charge is 0.242 e. The first-order chi connectivity index (χ1) is 9.18. The fraction of sp³-hybridized carbons (Fsp3) is 0.538. The highest BCUT2D eigenvalue weighted by Gasteiger charge is 2.50. The summed E-state index contributed by atoms with van der Waals surface area (Å²) in [4.78, 5) is 0.239. The van der Waals surface area contributed by atoms with Gasteiger partial charge in [0.15, 0.2) is 0 Å². The van der Waals surface area contributed by atoms with Crippen molar-refractivity contribution >= 4 is 41.9 Å². The van der Waals surface area contributed by atoms with E-state index in [0.717, 1.165) is 4.47 Å². The SMILES string of the molecule is COC1CC(NS(=O)(=O)c2cc(Br)ccc2Br)C1(C)C. The van der Waals surface area contributed by atoms with E-state index in [4.69, 9.17) is 4.74 Å². The summed E-state index contributed by atoms with van der Waals surface area (Å²) >= 11 is 6.58. The molecule has 112 valence electrons. The molecule has 1 aromatic rings. The van der Waals surface area contributed by atoms with Gasteiger partial charge in [-0.25, -0.2) is 13.1 Å². The highest BCUT2D eigenvalue weighted by atomic mass is 79.9. The number of methoxy groups -OCH3 is 1. The molecule has 20 heavy (non-hydrogen) atoms. The van der Waals surface area contributed by atoms with Gasteiger partial charge in [-0.15, -0.1) is 0 Å². The Bertz CT molecular complexity index is 616. The van der Waals surface area contributed by atoms with E-state index in [1.807, 2.05) is 13.8 Å². The monoisotopic (exact) mass is 425 g/mol. The molecule has 0 amide bonds. The van der Waals surface area contributed by atoms with Crippen LogP contribution in [0.25, 0.3) is 0 Å². The first kappa shape index (κ1) is 16.4. The second-order valence-corrected chi connectivity index (χ2v) is 8.98.